The molecule has 1 aromatic carbocycles. The van der Waals surface area contributed by atoms with Crippen LogP contribution >= 0.6 is 0 Å². The number of hydrogen-bond acceptors (Lipinski definition) is 5. The van der Waals surface area contributed by atoms with E-state index >= 15 is 0 Å². The van der Waals surface area contributed by atoms with E-state index in [1.807, 2.05) is 36.9 Å². The fraction of sp³-hybridized carbons (Fsp3) is 0.286. The second-order valence-electron chi connectivity index (χ2n) is 7.16. The molecule has 1 fully saturated rings. The quantitative estimate of drug-likeness (QED) is 0.700. The molecule has 0 spiro atoms. The van der Waals surface area contributed by atoms with Gasteiger partial charge in [0.25, 0.3) is 0 Å². The standard InChI is InChI=1S/C21H22FN5O2/c1-13-5-6-15(20-24-14(2)12-29-20)10-18(13)26-21(28)25-16-7-9-27(11-16)19-17(22)4-3-8-23-19/h3-6,8,10,12,16H,7,9,11H2,1-2H3,(H2,25,26,28). The van der Waals surface area contributed by atoms with Crippen molar-refractivity contribution in [2.24, 2.45) is 0 Å². The maximum absolute atomic E-state index is 13.9. The molecule has 0 bridgehead atoms. The third-order valence-electron chi connectivity index (χ3n) is 4.91. The number of urea groups is 1. The lowest BCUT2D eigenvalue weighted by molar-refractivity contribution is 0.249. The Kier molecular flexibility index (Phi) is 5.16. The zero-order chi connectivity index (χ0) is 20.4. The molecule has 2 aromatic heterocycles. The molecular formula is C21H22FN5O2. The molecule has 1 aliphatic rings. The first-order valence-electron chi connectivity index (χ1n) is 9.46. The van der Waals surface area contributed by atoms with Crippen LogP contribution in [-0.4, -0.2) is 35.1 Å². The molecule has 1 unspecified atom stereocenters. The highest BCUT2D eigenvalue weighted by molar-refractivity contribution is 5.91. The zero-order valence-electron chi connectivity index (χ0n) is 16.3. The maximum Gasteiger partial charge on any atom is 0.319 e. The number of nitrogens with zero attached hydrogens (tertiary/aromatic N) is 3. The van der Waals surface area contributed by atoms with Crippen LogP contribution in [0.1, 0.15) is 17.7 Å². The lowest BCUT2D eigenvalue weighted by Crippen LogP contribution is -2.40. The minimum atomic E-state index is -0.355. The second-order valence-corrected chi connectivity index (χ2v) is 7.16. The monoisotopic (exact) mass is 395 g/mol. The summed E-state index contributed by atoms with van der Waals surface area (Å²) in [5.41, 5.74) is 3.19. The van der Waals surface area contributed by atoms with Gasteiger partial charge in [-0.25, -0.2) is 19.2 Å². The summed E-state index contributed by atoms with van der Waals surface area (Å²) in [6, 6.07) is 8.21. The first-order valence-corrected chi connectivity index (χ1v) is 9.46. The number of oxazole rings is 1. The van der Waals surface area contributed by atoms with E-state index in [0.29, 0.717) is 30.5 Å². The van der Waals surface area contributed by atoms with Gasteiger partial charge in [0.15, 0.2) is 11.6 Å². The number of nitrogens with one attached hydrogen (secondary N) is 2. The number of carbonyl (C=O) groups is 1. The molecule has 3 aromatic rings. The van der Waals surface area contributed by atoms with Crippen molar-refractivity contribution >= 4 is 17.5 Å². The van der Waals surface area contributed by atoms with E-state index in [-0.39, 0.29) is 17.9 Å². The van der Waals surface area contributed by atoms with Crippen molar-refractivity contribution in [2.45, 2.75) is 26.3 Å². The third-order valence-corrected chi connectivity index (χ3v) is 4.91. The maximum atomic E-state index is 13.9. The van der Waals surface area contributed by atoms with Crippen LogP contribution in [0.2, 0.25) is 0 Å². The summed E-state index contributed by atoms with van der Waals surface area (Å²) in [6.45, 7) is 4.92. The number of rotatable bonds is 4. The Morgan fingerprint density at radius 1 is 1.31 bits per heavy atom. The molecular weight excluding hydrogens is 373 g/mol. The van der Waals surface area contributed by atoms with E-state index in [1.165, 1.54) is 6.07 Å². The van der Waals surface area contributed by atoms with Crippen molar-refractivity contribution in [1.82, 2.24) is 15.3 Å². The molecule has 2 N–H and O–H groups in total. The fourth-order valence-electron chi connectivity index (χ4n) is 3.40. The predicted molar refractivity (Wildman–Crippen MR) is 108 cm³/mol. The van der Waals surface area contributed by atoms with Gasteiger partial charge >= 0.3 is 6.03 Å². The molecule has 1 aliphatic heterocycles. The minimum Gasteiger partial charge on any atom is -0.444 e. The van der Waals surface area contributed by atoms with E-state index in [2.05, 4.69) is 20.6 Å². The summed E-state index contributed by atoms with van der Waals surface area (Å²) in [7, 11) is 0. The number of aryl methyl sites for hydroxylation is 2. The Morgan fingerprint density at radius 2 is 2.17 bits per heavy atom. The Balaban J connectivity index is 1.40. The minimum absolute atomic E-state index is 0.0886. The van der Waals surface area contributed by atoms with Gasteiger partial charge in [-0.15, -0.1) is 0 Å². The summed E-state index contributed by atoms with van der Waals surface area (Å²) in [5.74, 6) is 0.476. The van der Waals surface area contributed by atoms with E-state index in [9.17, 15) is 9.18 Å². The van der Waals surface area contributed by atoms with Crippen LogP contribution in [-0.2, 0) is 0 Å². The van der Waals surface area contributed by atoms with Crippen molar-refractivity contribution in [3.63, 3.8) is 0 Å². The van der Waals surface area contributed by atoms with E-state index < -0.39 is 0 Å². The van der Waals surface area contributed by atoms with Crippen molar-refractivity contribution in [3.8, 4) is 11.5 Å². The van der Waals surface area contributed by atoms with Gasteiger partial charge < -0.3 is 20.0 Å². The Labute approximate surface area is 168 Å². The van der Waals surface area contributed by atoms with E-state index in [4.69, 9.17) is 4.42 Å². The number of anilines is 2. The van der Waals surface area contributed by atoms with Gasteiger partial charge in [0.05, 0.1) is 5.69 Å². The topological polar surface area (TPSA) is 83.3 Å². The number of pyridine rings is 1. The van der Waals surface area contributed by atoms with Gasteiger partial charge in [-0.3, -0.25) is 0 Å². The van der Waals surface area contributed by atoms with Crippen LogP contribution in [0.15, 0.2) is 47.2 Å². The van der Waals surface area contributed by atoms with Crippen molar-refractivity contribution in [1.29, 1.82) is 0 Å². The fourth-order valence-corrected chi connectivity index (χ4v) is 3.40. The molecule has 3 heterocycles. The summed E-state index contributed by atoms with van der Waals surface area (Å²) in [6.07, 6.45) is 3.88. The average molecular weight is 395 g/mol. The first kappa shape index (κ1) is 18.9. The number of benzene rings is 1. The summed E-state index contributed by atoms with van der Waals surface area (Å²) < 4.78 is 19.4. The smallest absolute Gasteiger partial charge is 0.319 e. The number of aromatic nitrogens is 2. The third kappa shape index (κ3) is 4.21. The number of hydrogen-bond donors (Lipinski definition) is 2. The molecule has 0 saturated carbocycles. The Morgan fingerprint density at radius 3 is 2.93 bits per heavy atom. The molecule has 150 valence electrons. The highest BCUT2D eigenvalue weighted by atomic mass is 19.1. The Hall–Kier alpha value is -3.42. The second kappa shape index (κ2) is 7.90. The largest absolute Gasteiger partial charge is 0.444 e. The lowest BCUT2D eigenvalue weighted by Gasteiger charge is -2.18. The van der Waals surface area contributed by atoms with Gasteiger partial charge in [0.2, 0.25) is 5.89 Å². The Bertz CT molecular complexity index is 1040. The average Bonchev–Trinajstić information content (AvgIpc) is 3.33. The molecule has 0 aliphatic carbocycles. The van der Waals surface area contributed by atoms with Crippen molar-refractivity contribution < 1.29 is 13.6 Å². The normalized spacial score (nSPS) is 16.1. The predicted octanol–water partition coefficient (Wildman–Crippen LogP) is 3.89. The molecule has 1 atom stereocenters. The van der Waals surface area contributed by atoms with Gasteiger partial charge in [0, 0.05) is 36.6 Å². The van der Waals surface area contributed by atoms with E-state index in [0.717, 1.165) is 23.2 Å². The highest BCUT2D eigenvalue weighted by Crippen LogP contribution is 2.25. The number of amides is 2. The van der Waals surface area contributed by atoms with Gasteiger partial charge in [-0.05, 0) is 50.1 Å². The van der Waals surface area contributed by atoms with E-state index in [1.54, 1.807) is 18.5 Å². The molecule has 8 heteroatoms. The highest BCUT2D eigenvalue weighted by Gasteiger charge is 2.26. The van der Waals surface area contributed by atoms with Crippen LogP contribution in [0.5, 0.6) is 0 Å². The van der Waals surface area contributed by atoms with Gasteiger partial charge in [-0.1, -0.05) is 6.07 Å². The van der Waals surface area contributed by atoms with Crippen molar-refractivity contribution in [3.05, 3.63) is 59.9 Å². The number of halogens is 1. The molecule has 0 radical (unpaired) electrons. The molecule has 4 rings (SSSR count). The van der Waals surface area contributed by atoms with Crippen LogP contribution in [0.25, 0.3) is 11.5 Å². The SMILES string of the molecule is Cc1coc(-c2ccc(C)c(NC(=O)NC3CCN(c4ncccc4F)C3)c2)n1. The molecule has 1 saturated heterocycles. The van der Waals surface area contributed by atoms with Crippen LogP contribution < -0.4 is 15.5 Å². The van der Waals surface area contributed by atoms with Gasteiger partial charge in [0.1, 0.15) is 6.26 Å². The lowest BCUT2D eigenvalue weighted by atomic mass is 10.1. The van der Waals surface area contributed by atoms with Crippen LogP contribution in [0, 0.1) is 19.7 Å². The first-order chi connectivity index (χ1) is 14.0. The van der Waals surface area contributed by atoms with Crippen molar-refractivity contribution in [2.75, 3.05) is 23.3 Å². The van der Waals surface area contributed by atoms with Crippen LogP contribution in [0.4, 0.5) is 20.7 Å². The zero-order valence-corrected chi connectivity index (χ0v) is 16.3. The van der Waals surface area contributed by atoms with Crippen LogP contribution in [0.3, 0.4) is 0 Å². The summed E-state index contributed by atoms with van der Waals surface area (Å²) >= 11 is 0. The summed E-state index contributed by atoms with van der Waals surface area (Å²) in [4.78, 5) is 22.8. The molecule has 29 heavy (non-hydrogen) atoms. The van der Waals surface area contributed by atoms with Gasteiger partial charge in [-0.2, -0.15) is 0 Å². The number of carbonyl (C=O) groups excluding carboxylic acids is 1. The molecule has 7 nitrogen and oxygen atoms in total. The summed E-state index contributed by atoms with van der Waals surface area (Å²) in [5, 5.41) is 5.85. The molecule has 2 amide bonds.